The van der Waals surface area contributed by atoms with Gasteiger partial charge in [0, 0.05) is 0 Å². The molecule has 0 fully saturated rings. The maximum atomic E-state index is 6.32. The molecule has 0 bridgehead atoms. The molecule has 1 nitrogen and oxygen atoms in total. The lowest BCUT2D eigenvalue weighted by Gasteiger charge is -2.36. The standard InChI is InChI=1S/C20H26OSi/c1-7-16-8-10-17(11-9-16)18-12-14-19(15-13-18)21-22(5,6)20(2,3)4/h7-15H,1H2,2-6H3. The Kier molecular flexibility index (Phi) is 4.62. The van der Waals surface area contributed by atoms with Crippen molar-refractivity contribution in [1.29, 1.82) is 0 Å². The lowest BCUT2D eigenvalue weighted by molar-refractivity contribution is 0.492. The van der Waals surface area contributed by atoms with Crippen LogP contribution in [-0.2, 0) is 0 Å². The molecule has 0 saturated heterocycles. The molecular weight excluding hydrogens is 284 g/mol. The second kappa shape index (κ2) is 6.13. The average Bonchev–Trinajstić information content (AvgIpc) is 2.47. The molecule has 0 atom stereocenters. The second-order valence-corrected chi connectivity index (χ2v) is 11.9. The normalized spacial score (nSPS) is 12.0. The summed E-state index contributed by atoms with van der Waals surface area (Å²) < 4.78 is 6.32. The first-order chi connectivity index (χ1) is 10.2. The van der Waals surface area contributed by atoms with E-state index in [4.69, 9.17) is 4.43 Å². The van der Waals surface area contributed by atoms with Gasteiger partial charge < -0.3 is 4.43 Å². The lowest BCUT2D eigenvalue weighted by atomic mass is 10.0. The van der Waals surface area contributed by atoms with Crippen LogP contribution in [-0.4, -0.2) is 8.32 Å². The molecule has 0 heterocycles. The molecule has 22 heavy (non-hydrogen) atoms. The van der Waals surface area contributed by atoms with Gasteiger partial charge in [0.15, 0.2) is 0 Å². The summed E-state index contributed by atoms with van der Waals surface area (Å²) in [4.78, 5) is 0. The summed E-state index contributed by atoms with van der Waals surface area (Å²) in [5.74, 6) is 0.970. The van der Waals surface area contributed by atoms with Crippen LogP contribution in [0.4, 0.5) is 0 Å². The monoisotopic (exact) mass is 310 g/mol. The van der Waals surface area contributed by atoms with E-state index in [2.05, 4.69) is 89.0 Å². The third-order valence-electron chi connectivity index (χ3n) is 4.51. The van der Waals surface area contributed by atoms with Crippen LogP contribution in [0.1, 0.15) is 26.3 Å². The van der Waals surface area contributed by atoms with E-state index in [0.29, 0.717) is 0 Å². The van der Waals surface area contributed by atoms with Gasteiger partial charge in [0.25, 0.3) is 0 Å². The van der Waals surface area contributed by atoms with Crippen LogP contribution in [0.5, 0.6) is 5.75 Å². The Morgan fingerprint density at radius 2 is 1.32 bits per heavy atom. The first-order valence-corrected chi connectivity index (χ1v) is 10.7. The van der Waals surface area contributed by atoms with E-state index in [9.17, 15) is 0 Å². The summed E-state index contributed by atoms with van der Waals surface area (Å²) in [6.07, 6.45) is 1.86. The van der Waals surface area contributed by atoms with Crippen LogP contribution in [0.3, 0.4) is 0 Å². The summed E-state index contributed by atoms with van der Waals surface area (Å²) in [6.45, 7) is 15.1. The molecule has 0 radical (unpaired) electrons. The van der Waals surface area contributed by atoms with E-state index in [1.807, 2.05) is 6.08 Å². The molecule has 0 aliphatic rings. The van der Waals surface area contributed by atoms with Crippen molar-refractivity contribution in [2.75, 3.05) is 0 Å². The molecule has 0 aliphatic carbocycles. The number of benzene rings is 2. The zero-order chi connectivity index (χ0) is 16.4. The van der Waals surface area contributed by atoms with Gasteiger partial charge in [0.05, 0.1) is 0 Å². The summed E-state index contributed by atoms with van der Waals surface area (Å²) in [5.41, 5.74) is 3.56. The second-order valence-electron chi connectivity index (χ2n) is 7.21. The van der Waals surface area contributed by atoms with Gasteiger partial charge in [-0.2, -0.15) is 0 Å². The van der Waals surface area contributed by atoms with Crippen LogP contribution in [0, 0.1) is 0 Å². The Morgan fingerprint density at radius 1 is 0.864 bits per heavy atom. The van der Waals surface area contributed by atoms with Crippen LogP contribution >= 0.6 is 0 Å². The molecule has 0 saturated carbocycles. The number of hydrogen-bond acceptors (Lipinski definition) is 1. The summed E-state index contributed by atoms with van der Waals surface area (Å²) in [7, 11) is -1.77. The summed E-state index contributed by atoms with van der Waals surface area (Å²) >= 11 is 0. The minimum absolute atomic E-state index is 0.214. The lowest BCUT2D eigenvalue weighted by Crippen LogP contribution is -2.43. The number of rotatable bonds is 4. The van der Waals surface area contributed by atoms with Gasteiger partial charge in [0.2, 0.25) is 8.32 Å². The Bertz CT molecular complexity index is 631. The third kappa shape index (κ3) is 3.69. The average molecular weight is 311 g/mol. The van der Waals surface area contributed by atoms with Gasteiger partial charge in [-0.3, -0.25) is 0 Å². The van der Waals surface area contributed by atoms with Crippen molar-refractivity contribution < 1.29 is 4.43 Å². The first-order valence-electron chi connectivity index (χ1n) is 7.75. The fourth-order valence-electron chi connectivity index (χ4n) is 1.97. The van der Waals surface area contributed by atoms with Gasteiger partial charge in [-0.15, -0.1) is 0 Å². The van der Waals surface area contributed by atoms with Crippen molar-refractivity contribution in [2.24, 2.45) is 0 Å². The quantitative estimate of drug-likeness (QED) is 0.595. The molecule has 0 N–H and O–H groups in total. The zero-order valence-electron chi connectivity index (χ0n) is 14.3. The SMILES string of the molecule is C=Cc1ccc(-c2ccc(O[Si](C)(C)C(C)(C)C)cc2)cc1. The molecule has 0 aromatic heterocycles. The van der Waals surface area contributed by atoms with Crippen molar-refractivity contribution in [3.8, 4) is 16.9 Å². The molecule has 2 aromatic carbocycles. The minimum atomic E-state index is -1.77. The van der Waals surface area contributed by atoms with E-state index in [-0.39, 0.29) is 5.04 Å². The summed E-state index contributed by atoms with van der Waals surface area (Å²) in [6, 6.07) is 16.8. The van der Waals surface area contributed by atoms with Crippen LogP contribution in [0.15, 0.2) is 55.1 Å². The van der Waals surface area contributed by atoms with E-state index >= 15 is 0 Å². The van der Waals surface area contributed by atoms with E-state index in [1.54, 1.807) is 0 Å². The highest BCUT2D eigenvalue weighted by Crippen LogP contribution is 2.37. The maximum Gasteiger partial charge on any atom is 0.250 e. The Labute approximate surface area is 135 Å². The number of hydrogen-bond donors (Lipinski definition) is 0. The van der Waals surface area contributed by atoms with Crippen LogP contribution < -0.4 is 4.43 Å². The predicted octanol–water partition coefficient (Wildman–Crippen LogP) is 6.38. The van der Waals surface area contributed by atoms with E-state index in [0.717, 1.165) is 11.3 Å². The maximum absolute atomic E-state index is 6.32. The Hall–Kier alpha value is -1.80. The zero-order valence-corrected chi connectivity index (χ0v) is 15.3. The van der Waals surface area contributed by atoms with E-state index in [1.165, 1.54) is 11.1 Å². The fourth-order valence-corrected chi connectivity index (χ4v) is 3.01. The molecule has 2 rings (SSSR count). The van der Waals surface area contributed by atoms with Gasteiger partial charge in [-0.1, -0.05) is 69.8 Å². The smallest absolute Gasteiger partial charge is 0.250 e. The minimum Gasteiger partial charge on any atom is -0.544 e. The Morgan fingerprint density at radius 3 is 1.73 bits per heavy atom. The molecule has 0 aliphatic heterocycles. The molecular formula is C20H26OSi. The highest BCUT2D eigenvalue weighted by molar-refractivity contribution is 6.74. The topological polar surface area (TPSA) is 9.23 Å². The van der Waals surface area contributed by atoms with Gasteiger partial charge in [-0.25, -0.2) is 0 Å². The van der Waals surface area contributed by atoms with E-state index < -0.39 is 8.32 Å². The predicted molar refractivity (Wildman–Crippen MR) is 99.8 cm³/mol. The van der Waals surface area contributed by atoms with Crippen molar-refractivity contribution in [3.63, 3.8) is 0 Å². The highest BCUT2D eigenvalue weighted by Gasteiger charge is 2.38. The molecule has 0 unspecified atom stereocenters. The molecule has 116 valence electrons. The van der Waals surface area contributed by atoms with Crippen molar-refractivity contribution >= 4 is 14.4 Å². The fraction of sp³-hybridized carbons (Fsp3) is 0.300. The first kappa shape index (κ1) is 16.6. The van der Waals surface area contributed by atoms with Crippen LogP contribution in [0.2, 0.25) is 18.1 Å². The Balaban J connectivity index is 2.18. The van der Waals surface area contributed by atoms with Gasteiger partial charge >= 0.3 is 0 Å². The third-order valence-corrected chi connectivity index (χ3v) is 8.87. The molecule has 2 heteroatoms. The van der Waals surface area contributed by atoms with Crippen molar-refractivity contribution in [1.82, 2.24) is 0 Å². The van der Waals surface area contributed by atoms with Crippen molar-refractivity contribution in [3.05, 3.63) is 60.7 Å². The van der Waals surface area contributed by atoms with Gasteiger partial charge in [-0.05, 0) is 47.0 Å². The summed E-state index contributed by atoms with van der Waals surface area (Å²) in [5, 5.41) is 0.214. The van der Waals surface area contributed by atoms with Gasteiger partial charge in [0.1, 0.15) is 5.75 Å². The largest absolute Gasteiger partial charge is 0.544 e. The van der Waals surface area contributed by atoms with Crippen molar-refractivity contribution in [2.45, 2.75) is 38.9 Å². The molecule has 2 aromatic rings. The molecule has 0 amide bonds. The van der Waals surface area contributed by atoms with Crippen LogP contribution in [0.25, 0.3) is 17.2 Å². The highest BCUT2D eigenvalue weighted by atomic mass is 28.4. The molecule has 0 spiro atoms.